The Labute approximate surface area is 153 Å². The van der Waals surface area contributed by atoms with Crippen LogP contribution in [0.1, 0.15) is 51.0 Å². The van der Waals surface area contributed by atoms with Gasteiger partial charge in [0.15, 0.2) is 0 Å². The number of carbonyl (C=O) groups is 3. The maximum absolute atomic E-state index is 11.9. The van der Waals surface area contributed by atoms with Crippen LogP contribution in [0.15, 0.2) is 24.3 Å². The summed E-state index contributed by atoms with van der Waals surface area (Å²) in [6.07, 6.45) is 4.05. The second-order valence-corrected chi connectivity index (χ2v) is 6.70. The maximum Gasteiger partial charge on any atom is 0.323 e. The number of ether oxygens (including phenoxy) is 1. The molecular formula is C19H27N3O4. The highest BCUT2D eigenvalue weighted by molar-refractivity contribution is 6.39. The lowest BCUT2D eigenvalue weighted by molar-refractivity contribution is -0.149. The second kappa shape index (κ2) is 9.33. The first-order chi connectivity index (χ1) is 12.5. The zero-order chi connectivity index (χ0) is 19.1. The van der Waals surface area contributed by atoms with E-state index >= 15 is 0 Å². The zero-order valence-corrected chi connectivity index (χ0v) is 15.3. The van der Waals surface area contributed by atoms with Crippen LogP contribution in [0.2, 0.25) is 0 Å². The molecule has 1 aliphatic rings. The van der Waals surface area contributed by atoms with Gasteiger partial charge in [0.05, 0.1) is 12.5 Å². The topological polar surface area (TPSA) is 111 Å². The van der Waals surface area contributed by atoms with Crippen LogP contribution in [-0.2, 0) is 19.1 Å². The van der Waals surface area contributed by atoms with Crippen molar-refractivity contribution in [2.45, 2.75) is 45.4 Å². The number of carbonyl (C=O) groups excluding carboxylic acids is 3. The van der Waals surface area contributed by atoms with Crippen LogP contribution in [0.4, 0.5) is 5.69 Å². The van der Waals surface area contributed by atoms with E-state index in [2.05, 4.69) is 5.32 Å². The highest BCUT2D eigenvalue weighted by atomic mass is 16.5. The van der Waals surface area contributed by atoms with Crippen LogP contribution in [0.25, 0.3) is 0 Å². The molecule has 26 heavy (non-hydrogen) atoms. The van der Waals surface area contributed by atoms with Crippen molar-refractivity contribution in [3.63, 3.8) is 0 Å². The van der Waals surface area contributed by atoms with Gasteiger partial charge in [-0.15, -0.1) is 0 Å². The molecule has 0 aromatic heterocycles. The molecule has 0 heterocycles. The van der Waals surface area contributed by atoms with Gasteiger partial charge in [-0.25, -0.2) is 5.84 Å². The van der Waals surface area contributed by atoms with Crippen molar-refractivity contribution in [1.29, 1.82) is 0 Å². The van der Waals surface area contributed by atoms with E-state index in [9.17, 15) is 14.4 Å². The second-order valence-electron chi connectivity index (χ2n) is 6.70. The van der Waals surface area contributed by atoms with E-state index in [0.29, 0.717) is 24.1 Å². The van der Waals surface area contributed by atoms with Gasteiger partial charge in [0.25, 0.3) is 0 Å². The van der Waals surface area contributed by atoms with Crippen molar-refractivity contribution in [1.82, 2.24) is 5.43 Å². The molecule has 0 spiro atoms. The molecule has 2 rings (SSSR count). The lowest BCUT2D eigenvalue weighted by Crippen LogP contribution is -2.39. The van der Waals surface area contributed by atoms with E-state index in [1.165, 1.54) is 5.56 Å². The highest BCUT2D eigenvalue weighted by Gasteiger charge is 2.30. The quantitative estimate of drug-likeness (QED) is 0.244. The molecule has 142 valence electrons. The molecule has 1 aliphatic carbocycles. The average Bonchev–Trinajstić information content (AvgIpc) is 2.67. The first-order valence-electron chi connectivity index (χ1n) is 9.04. The van der Waals surface area contributed by atoms with Crippen LogP contribution < -0.4 is 16.6 Å². The summed E-state index contributed by atoms with van der Waals surface area (Å²) < 4.78 is 5.13. The van der Waals surface area contributed by atoms with Crippen LogP contribution in [-0.4, -0.2) is 24.4 Å². The Bertz CT molecular complexity index is 637. The first kappa shape index (κ1) is 19.9. The molecule has 4 N–H and O–H groups in total. The van der Waals surface area contributed by atoms with Crippen LogP contribution in [0.5, 0.6) is 0 Å². The third-order valence-electron chi connectivity index (χ3n) is 5.11. The fourth-order valence-corrected chi connectivity index (χ4v) is 3.51. The van der Waals surface area contributed by atoms with Crippen molar-refractivity contribution < 1.29 is 19.1 Å². The number of hydrogen-bond donors (Lipinski definition) is 3. The minimum Gasteiger partial charge on any atom is -0.466 e. The molecule has 0 aliphatic heterocycles. The molecular weight excluding hydrogens is 334 g/mol. The monoisotopic (exact) mass is 361 g/mol. The van der Waals surface area contributed by atoms with Crippen molar-refractivity contribution in [2.75, 3.05) is 11.9 Å². The standard InChI is InChI=1S/C19H27N3O4/c1-3-26-19(25)12(2)13-4-6-14(7-5-13)15-8-10-16(11-9-15)21-17(23)18(24)22-20/h8-14H,3-7,20H2,1-2H3,(H,21,23)(H,22,24). The van der Waals surface area contributed by atoms with Gasteiger partial charge >= 0.3 is 17.8 Å². The summed E-state index contributed by atoms with van der Waals surface area (Å²) in [7, 11) is 0. The van der Waals surface area contributed by atoms with Crippen molar-refractivity contribution in [3.05, 3.63) is 29.8 Å². The Morgan fingerprint density at radius 3 is 2.27 bits per heavy atom. The van der Waals surface area contributed by atoms with Crippen LogP contribution >= 0.6 is 0 Å². The number of hydrazine groups is 1. The lowest BCUT2D eigenvalue weighted by Gasteiger charge is -2.31. The van der Waals surface area contributed by atoms with Gasteiger partial charge in [-0.1, -0.05) is 19.1 Å². The predicted molar refractivity (Wildman–Crippen MR) is 97.9 cm³/mol. The molecule has 2 amide bonds. The SMILES string of the molecule is CCOC(=O)C(C)C1CCC(c2ccc(NC(=O)C(=O)NN)cc2)CC1. The Morgan fingerprint density at radius 2 is 1.73 bits per heavy atom. The summed E-state index contributed by atoms with van der Waals surface area (Å²) in [6.45, 7) is 4.21. The molecule has 7 nitrogen and oxygen atoms in total. The largest absolute Gasteiger partial charge is 0.466 e. The molecule has 1 fully saturated rings. The van der Waals surface area contributed by atoms with Crippen molar-refractivity contribution >= 4 is 23.5 Å². The fraction of sp³-hybridized carbons (Fsp3) is 0.526. The highest BCUT2D eigenvalue weighted by Crippen LogP contribution is 2.39. The molecule has 1 aromatic carbocycles. The number of anilines is 1. The summed E-state index contributed by atoms with van der Waals surface area (Å²) in [5.41, 5.74) is 3.54. The molecule has 1 aromatic rings. The Kier molecular flexibility index (Phi) is 7.15. The number of amides is 2. The zero-order valence-electron chi connectivity index (χ0n) is 15.3. The van der Waals surface area contributed by atoms with E-state index in [-0.39, 0.29) is 11.9 Å². The van der Waals surface area contributed by atoms with Crippen molar-refractivity contribution in [3.8, 4) is 0 Å². The lowest BCUT2D eigenvalue weighted by atomic mass is 9.74. The van der Waals surface area contributed by atoms with Gasteiger partial charge in [-0.3, -0.25) is 19.8 Å². The van der Waals surface area contributed by atoms with Gasteiger partial charge in [-0.05, 0) is 62.1 Å². The van der Waals surface area contributed by atoms with Gasteiger partial charge in [-0.2, -0.15) is 0 Å². The van der Waals surface area contributed by atoms with Gasteiger partial charge in [0.1, 0.15) is 0 Å². The number of nitrogens with one attached hydrogen (secondary N) is 2. The number of esters is 1. The van der Waals surface area contributed by atoms with Crippen molar-refractivity contribution in [2.24, 2.45) is 17.7 Å². The molecule has 0 saturated heterocycles. The summed E-state index contributed by atoms with van der Waals surface area (Å²) in [4.78, 5) is 34.5. The number of rotatable bonds is 5. The minimum absolute atomic E-state index is 0.0535. The number of benzene rings is 1. The van der Waals surface area contributed by atoms with Gasteiger partial charge in [0, 0.05) is 5.69 Å². The van der Waals surface area contributed by atoms with Crippen LogP contribution in [0, 0.1) is 11.8 Å². The van der Waals surface area contributed by atoms with E-state index in [0.717, 1.165) is 25.7 Å². The summed E-state index contributed by atoms with van der Waals surface area (Å²) >= 11 is 0. The summed E-state index contributed by atoms with van der Waals surface area (Å²) in [6, 6.07) is 7.50. The Morgan fingerprint density at radius 1 is 1.12 bits per heavy atom. The molecule has 1 atom stereocenters. The van der Waals surface area contributed by atoms with Gasteiger partial charge in [0.2, 0.25) is 0 Å². The fourth-order valence-electron chi connectivity index (χ4n) is 3.51. The molecule has 7 heteroatoms. The number of hydrogen-bond acceptors (Lipinski definition) is 5. The molecule has 0 radical (unpaired) electrons. The van der Waals surface area contributed by atoms with E-state index in [1.807, 2.05) is 26.0 Å². The first-order valence-corrected chi connectivity index (χ1v) is 9.04. The minimum atomic E-state index is -0.886. The van der Waals surface area contributed by atoms with Gasteiger partial charge < -0.3 is 10.1 Å². The normalized spacial score (nSPS) is 20.7. The Hall–Kier alpha value is -2.41. The van der Waals surface area contributed by atoms with Crippen LogP contribution in [0.3, 0.4) is 0 Å². The molecule has 0 bridgehead atoms. The Balaban J connectivity index is 1.88. The predicted octanol–water partition coefficient (Wildman–Crippen LogP) is 2.09. The molecule has 1 saturated carbocycles. The third-order valence-corrected chi connectivity index (χ3v) is 5.11. The number of nitrogens with two attached hydrogens (primary N) is 1. The summed E-state index contributed by atoms with van der Waals surface area (Å²) in [5.74, 6) is 3.91. The van der Waals surface area contributed by atoms with E-state index in [4.69, 9.17) is 10.6 Å². The maximum atomic E-state index is 11.9. The average molecular weight is 361 g/mol. The third kappa shape index (κ3) is 5.05. The summed E-state index contributed by atoms with van der Waals surface area (Å²) in [5, 5.41) is 2.49. The molecule has 1 unspecified atom stereocenters. The van der Waals surface area contributed by atoms with E-state index in [1.54, 1.807) is 17.6 Å². The smallest absolute Gasteiger partial charge is 0.323 e. The van der Waals surface area contributed by atoms with E-state index < -0.39 is 11.8 Å².